The second kappa shape index (κ2) is 7.00. The summed E-state index contributed by atoms with van der Waals surface area (Å²) in [6, 6.07) is 12.5. The van der Waals surface area contributed by atoms with Crippen molar-refractivity contribution in [1.82, 2.24) is 0 Å². The first-order chi connectivity index (χ1) is 13.5. The van der Waals surface area contributed by atoms with E-state index >= 15 is 0 Å². The lowest BCUT2D eigenvalue weighted by Crippen LogP contribution is -2.05. The van der Waals surface area contributed by atoms with Gasteiger partial charge in [-0.2, -0.15) is 0 Å². The van der Waals surface area contributed by atoms with Gasteiger partial charge in [0.15, 0.2) is 0 Å². The zero-order valence-electron chi connectivity index (χ0n) is 16.0. The largest absolute Gasteiger partial charge is 0.488 e. The third-order valence-corrected chi connectivity index (χ3v) is 5.00. The number of benzene rings is 2. The maximum atomic E-state index is 12.0. The SMILES string of the molecule is CCc1ccc2c(COc3ccc4c(C)cc(=O)oc4c3C)cc(=O)oc2c1. The molecule has 0 fully saturated rings. The quantitative estimate of drug-likeness (QED) is 0.485. The van der Waals surface area contributed by atoms with Crippen molar-refractivity contribution in [1.29, 1.82) is 0 Å². The highest BCUT2D eigenvalue weighted by molar-refractivity contribution is 5.85. The van der Waals surface area contributed by atoms with Gasteiger partial charge in [0.25, 0.3) is 0 Å². The Morgan fingerprint density at radius 2 is 1.64 bits per heavy atom. The molecule has 0 aliphatic rings. The fraction of sp³-hybridized carbons (Fsp3) is 0.217. The average molecular weight is 376 g/mol. The summed E-state index contributed by atoms with van der Waals surface area (Å²) < 4.78 is 16.7. The van der Waals surface area contributed by atoms with E-state index < -0.39 is 5.63 Å². The highest BCUT2D eigenvalue weighted by atomic mass is 16.5. The normalized spacial score (nSPS) is 11.2. The molecule has 4 rings (SSSR count). The molecule has 0 saturated heterocycles. The van der Waals surface area contributed by atoms with E-state index in [0.29, 0.717) is 16.9 Å². The zero-order chi connectivity index (χ0) is 19.8. The van der Waals surface area contributed by atoms with Gasteiger partial charge < -0.3 is 13.6 Å². The first-order valence-corrected chi connectivity index (χ1v) is 9.19. The standard InChI is InChI=1S/C23H20O5/c1-4-15-5-6-18-16(11-22(25)27-20(18)10-15)12-26-19-8-7-17-13(2)9-21(24)28-23(17)14(19)3/h5-11H,4,12H2,1-3H3. The van der Waals surface area contributed by atoms with Crippen molar-refractivity contribution in [3.63, 3.8) is 0 Å². The summed E-state index contributed by atoms with van der Waals surface area (Å²) in [5.41, 5.74) is 3.75. The van der Waals surface area contributed by atoms with E-state index in [9.17, 15) is 9.59 Å². The van der Waals surface area contributed by atoms with Crippen LogP contribution in [0.1, 0.15) is 29.2 Å². The van der Waals surface area contributed by atoms with E-state index in [-0.39, 0.29) is 12.2 Å². The van der Waals surface area contributed by atoms with E-state index in [1.165, 1.54) is 12.1 Å². The van der Waals surface area contributed by atoms with E-state index in [2.05, 4.69) is 6.92 Å². The molecule has 0 bridgehead atoms. The molecule has 0 atom stereocenters. The Balaban J connectivity index is 1.73. The lowest BCUT2D eigenvalue weighted by atomic mass is 10.1. The van der Waals surface area contributed by atoms with Crippen LogP contribution in [-0.2, 0) is 13.0 Å². The van der Waals surface area contributed by atoms with E-state index in [1.54, 1.807) is 0 Å². The molecule has 5 heteroatoms. The predicted octanol–water partition coefficient (Wildman–Crippen LogP) is 4.66. The number of aryl methyl sites for hydroxylation is 3. The second-order valence-electron chi connectivity index (χ2n) is 6.88. The van der Waals surface area contributed by atoms with Gasteiger partial charge in [0.2, 0.25) is 0 Å². The molecule has 142 valence electrons. The van der Waals surface area contributed by atoms with E-state index in [1.807, 2.05) is 44.2 Å². The van der Waals surface area contributed by atoms with Crippen molar-refractivity contribution in [2.75, 3.05) is 0 Å². The highest BCUT2D eigenvalue weighted by Crippen LogP contribution is 2.29. The molecule has 0 unspecified atom stereocenters. The number of fused-ring (bicyclic) bond motifs is 2. The summed E-state index contributed by atoms with van der Waals surface area (Å²) in [6.45, 7) is 5.98. The second-order valence-corrected chi connectivity index (χ2v) is 6.88. The molecule has 2 heterocycles. The Morgan fingerprint density at radius 1 is 0.893 bits per heavy atom. The van der Waals surface area contributed by atoms with Gasteiger partial charge in [0.05, 0.1) is 0 Å². The van der Waals surface area contributed by atoms with Crippen LogP contribution in [0.4, 0.5) is 0 Å². The van der Waals surface area contributed by atoms with Crippen LogP contribution in [0.25, 0.3) is 21.9 Å². The molecule has 0 spiro atoms. The first kappa shape index (κ1) is 18.0. The fourth-order valence-electron chi connectivity index (χ4n) is 3.43. The summed E-state index contributed by atoms with van der Waals surface area (Å²) in [7, 11) is 0. The van der Waals surface area contributed by atoms with Crippen LogP contribution in [0.5, 0.6) is 5.75 Å². The van der Waals surface area contributed by atoms with Crippen LogP contribution >= 0.6 is 0 Å². The maximum Gasteiger partial charge on any atom is 0.336 e. The summed E-state index contributed by atoms with van der Waals surface area (Å²) in [6.07, 6.45) is 0.862. The molecule has 2 aromatic carbocycles. The Hall–Kier alpha value is -3.34. The van der Waals surface area contributed by atoms with Crippen LogP contribution in [0.2, 0.25) is 0 Å². The molecule has 0 amide bonds. The lowest BCUT2D eigenvalue weighted by Gasteiger charge is -2.12. The third kappa shape index (κ3) is 3.20. The van der Waals surface area contributed by atoms with Gasteiger partial charge in [0.1, 0.15) is 23.5 Å². The Kier molecular flexibility index (Phi) is 4.51. The molecule has 5 nitrogen and oxygen atoms in total. The van der Waals surface area contributed by atoms with Gasteiger partial charge in [-0.25, -0.2) is 9.59 Å². The molecule has 0 aliphatic carbocycles. The topological polar surface area (TPSA) is 69.7 Å². The Morgan fingerprint density at radius 3 is 2.43 bits per heavy atom. The molecule has 0 aliphatic heterocycles. The minimum Gasteiger partial charge on any atom is -0.488 e. The molecule has 0 radical (unpaired) electrons. The van der Waals surface area contributed by atoms with Gasteiger partial charge in [-0.3, -0.25) is 0 Å². The smallest absolute Gasteiger partial charge is 0.336 e. The summed E-state index contributed by atoms with van der Waals surface area (Å²) >= 11 is 0. The Bertz CT molecular complexity index is 1310. The summed E-state index contributed by atoms with van der Waals surface area (Å²) in [5.74, 6) is 0.604. The summed E-state index contributed by atoms with van der Waals surface area (Å²) in [4.78, 5) is 23.7. The molecular formula is C23H20O5. The van der Waals surface area contributed by atoms with Gasteiger partial charge in [-0.15, -0.1) is 0 Å². The lowest BCUT2D eigenvalue weighted by molar-refractivity contribution is 0.304. The van der Waals surface area contributed by atoms with Gasteiger partial charge in [0, 0.05) is 34.0 Å². The molecule has 0 saturated carbocycles. The van der Waals surface area contributed by atoms with Gasteiger partial charge >= 0.3 is 11.3 Å². The van der Waals surface area contributed by atoms with Crippen LogP contribution < -0.4 is 16.0 Å². The van der Waals surface area contributed by atoms with Crippen LogP contribution in [0.15, 0.2) is 60.9 Å². The number of rotatable bonds is 4. The third-order valence-electron chi connectivity index (χ3n) is 5.00. The zero-order valence-corrected chi connectivity index (χ0v) is 16.0. The Labute approximate surface area is 161 Å². The van der Waals surface area contributed by atoms with Crippen molar-refractivity contribution in [2.24, 2.45) is 0 Å². The average Bonchev–Trinajstić information content (AvgIpc) is 2.67. The number of hydrogen-bond acceptors (Lipinski definition) is 5. The number of hydrogen-bond donors (Lipinski definition) is 0. The predicted molar refractivity (Wildman–Crippen MR) is 108 cm³/mol. The first-order valence-electron chi connectivity index (χ1n) is 9.19. The summed E-state index contributed by atoms with van der Waals surface area (Å²) in [5, 5.41) is 1.72. The molecular weight excluding hydrogens is 356 g/mol. The van der Waals surface area contributed by atoms with E-state index in [4.69, 9.17) is 13.6 Å². The van der Waals surface area contributed by atoms with Gasteiger partial charge in [-0.1, -0.05) is 19.1 Å². The van der Waals surface area contributed by atoms with Gasteiger partial charge in [-0.05, 0) is 49.6 Å². The molecule has 2 aromatic heterocycles. The van der Waals surface area contributed by atoms with Crippen LogP contribution in [-0.4, -0.2) is 0 Å². The minimum absolute atomic E-state index is 0.204. The van der Waals surface area contributed by atoms with Crippen LogP contribution in [0, 0.1) is 13.8 Å². The monoisotopic (exact) mass is 376 g/mol. The fourth-order valence-corrected chi connectivity index (χ4v) is 3.43. The molecule has 28 heavy (non-hydrogen) atoms. The van der Waals surface area contributed by atoms with Crippen molar-refractivity contribution in [2.45, 2.75) is 33.8 Å². The molecule has 0 N–H and O–H groups in total. The van der Waals surface area contributed by atoms with Crippen LogP contribution in [0.3, 0.4) is 0 Å². The highest BCUT2D eigenvalue weighted by Gasteiger charge is 2.12. The van der Waals surface area contributed by atoms with E-state index in [0.717, 1.165) is 39.4 Å². The van der Waals surface area contributed by atoms with Crippen molar-refractivity contribution < 1.29 is 13.6 Å². The minimum atomic E-state index is -0.406. The molecule has 4 aromatic rings. The van der Waals surface area contributed by atoms with Crippen molar-refractivity contribution >= 4 is 21.9 Å². The maximum absolute atomic E-state index is 12.0. The van der Waals surface area contributed by atoms with Crippen molar-refractivity contribution in [3.8, 4) is 5.75 Å². The number of ether oxygens (including phenoxy) is 1. The van der Waals surface area contributed by atoms with Crippen molar-refractivity contribution in [3.05, 3.63) is 85.6 Å².